The summed E-state index contributed by atoms with van der Waals surface area (Å²) in [6, 6.07) is 151. The van der Waals surface area contributed by atoms with Gasteiger partial charge in [-0.15, -0.1) is 0 Å². The predicted octanol–water partition coefficient (Wildman–Crippen LogP) is 31.0. The molecule has 27 aromatic rings. The maximum atomic E-state index is 5.24. The van der Waals surface area contributed by atoms with Crippen LogP contribution in [-0.2, 0) is 0 Å². The Hall–Kier alpha value is -17.4. The largest absolute Gasteiger partial charge is 0.299 e. The van der Waals surface area contributed by atoms with Crippen LogP contribution in [-0.4, -0.2) is 43.1 Å². The first kappa shape index (κ1) is 74.2. The van der Waals surface area contributed by atoms with Crippen LogP contribution in [0.2, 0.25) is 0 Å². The molecule has 18 aromatic carbocycles. The Morgan fingerprint density at radius 2 is 0.519 bits per heavy atom. The molecule has 9 heterocycles. The lowest BCUT2D eigenvalue weighted by atomic mass is 9.92. The van der Waals surface area contributed by atoms with Gasteiger partial charge in [0.15, 0.2) is 0 Å². The van der Waals surface area contributed by atoms with Crippen molar-refractivity contribution in [1.29, 1.82) is 0 Å². The molecule has 9 nitrogen and oxygen atoms in total. The Morgan fingerprint density at radius 3 is 1.00 bits per heavy atom. The van der Waals surface area contributed by atoms with Crippen molar-refractivity contribution in [1.82, 2.24) is 43.1 Å². The third kappa shape index (κ3) is 12.6. The average molecular weight is 1640 g/mol. The van der Waals surface area contributed by atoms with Gasteiger partial charge in [-0.3, -0.25) is 28.2 Å². The average Bonchev–Trinajstić information content (AvgIpc) is 1.74. The summed E-state index contributed by atoms with van der Waals surface area (Å²) in [5.41, 5.74) is 19.8. The van der Waals surface area contributed by atoms with Gasteiger partial charge < -0.3 is 0 Å². The molecule has 0 unspecified atom stereocenters. The lowest BCUT2D eigenvalue weighted by Gasteiger charge is -2.12. The fourth-order valence-electron chi connectivity index (χ4n) is 19.9. The highest BCUT2D eigenvalue weighted by atomic mass is 15.1. The van der Waals surface area contributed by atoms with Crippen LogP contribution in [0.4, 0.5) is 0 Å². The molecule has 0 spiro atoms. The molecule has 0 atom stereocenters. The van der Waals surface area contributed by atoms with Crippen LogP contribution >= 0.6 is 0 Å². The molecule has 0 aliphatic carbocycles. The van der Waals surface area contributed by atoms with E-state index in [0.29, 0.717) is 0 Å². The first-order valence-corrected chi connectivity index (χ1v) is 43.8. The summed E-state index contributed by atoms with van der Waals surface area (Å²) in [4.78, 5) is 29.8. The number of hydrogen-bond donors (Lipinski definition) is 0. The van der Waals surface area contributed by atoms with E-state index in [9.17, 15) is 0 Å². The van der Waals surface area contributed by atoms with Gasteiger partial charge in [-0.1, -0.05) is 328 Å². The van der Waals surface area contributed by atoms with Crippen LogP contribution < -0.4 is 0 Å². The summed E-state index contributed by atoms with van der Waals surface area (Å²) in [7, 11) is 0. The Labute approximate surface area is 741 Å². The molecule has 0 saturated heterocycles. The van der Waals surface area contributed by atoms with Crippen LogP contribution in [0.3, 0.4) is 0 Å². The zero-order valence-electron chi connectivity index (χ0n) is 69.8. The molecule has 0 amide bonds. The van der Waals surface area contributed by atoms with Gasteiger partial charge in [0.1, 0.15) is 34.6 Å². The summed E-state index contributed by atoms with van der Waals surface area (Å²) in [5.74, 6) is 2.71. The minimum Gasteiger partial charge on any atom is -0.299 e. The highest BCUT2D eigenvalue weighted by molar-refractivity contribution is 6.28. The van der Waals surface area contributed by atoms with E-state index in [-0.39, 0.29) is 0 Å². The molecule has 0 saturated carbocycles. The highest BCUT2D eigenvalue weighted by Crippen LogP contribution is 2.45. The topological polar surface area (TPSA) is 90.6 Å². The number of aromatic nitrogens is 9. The molecule has 600 valence electrons. The molecule has 0 bridgehead atoms. The number of hydrogen-bond acceptors (Lipinski definition) is 6. The summed E-state index contributed by atoms with van der Waals surface area (Å²) in [6.07, 6.45) is 9.75. The van der Waals surface area contributed by atoms with Crippen molar-refractivity contribution < 1.29 is 0 Å². The van der Waals surface area contributed by atoms with Crippen LogP contribution in [0.25, 0.3) is 248 Å². The van der Waals surface area contributed by atoms with Crippen molar-refractivity contribution >= 4 is 146 Å². The van der Waals surface area contributed by atoms with Crippen LogP contribution in [0.15, 0.2) is 456 Å². The van der Waals surface area contributed by atoms with Gasteiger partial charge in [0.25, 0.3) is 0 Å². The van der Waals surface area contributed by atoms with Gasteiger partial charge in [0, 0.05) is 58.4 Å². The smallest absolute Gasteiger partial charge is 0.145 e. The summed E-state index contributed by atoms with van der Waals surface area (Å²) < 4.78 is 6.67. The molecule has 0 N–H and O–H groups in total. The number of rotatable bonds is 9. The van der Waals surface area contributed by atoms with E-state index in [1.54, 1.807) is 0 Å². The standard InChI is InChI=1S/3C40H25N3/c1-6-18-37-26(10-1)20-22-38-39(36-17-7-8-23-41-36)42-40(43(37)38)29-12-9-11-27(24-29)28-19-21-34-32-15-3-2-13-30(32)31-14-4-5-16-33(31)35(34)25-28;1-2-13-30-26(10-1)21-22-41-38(30)39-37-18-7-8-23-43(37)40(42-39)29-12-9-11-27(24-29)28-19-20-35-33-16-4-3-14-31(33)32-15-5-6-17-34(32)36(35)25-28;1-2-13-30-26(10-1)21-23-43-39(30)38(37-18-7-8-22-41-37)42-40(43)29-12-9-11-27(24-29)28-19-20-35-33-16-4-3-14-31(33)32-15-5-6-17-34(32)36(35)25-28/h3*1-25H. The van der Waals surface area contributed by atoms with E-state index in [4.69, 9.17) is 19.9 Å². The fraction of sp³-hybridized carbons (Fsp3) is 0. The second kappa shape index (κ2) is 30.8. The Bertz CT molecular complexity index is 9120. The molecule has 27 rings (SSSR count). The number of para-hydroxylation sites is 1. The van der Waals surface area contributed by atoms with Gasteiger partial charge in [-0.2, -0.15) is 0 Å². The molecule has 9 aromatic heterocycles. The molecule has 129 heavy (non-hydrogen) atoms. The SMILES string of the molecule is c1cc(-c2ccc3c4ccccc4c4ccccc4c3c2)cc(-c2nc(-c3nccc4ccccc34)c3ccccn23)c1.c1ccc(-c2nc(-c3cccc(-c4ccc5c6ccccc6c6ccccc6c5c4)c3)n3c2ccc2ccccc23)nc1.c1ccc(-c2nc(-c3cccc(-c4ccc5c6ccccc6c6ccccc6c5c4)c3)n3ccc4ccccc4c23)nc1. The predicted molar refractivity (Wildman–Crippen MR) is 538 cm³/mol. The van der Waals surface area contributed by atoms with Gasteiger partial charge in [0.05, 0.1) is 39.1 Å². The van der Waals surface area contributed by atoms with Gasteiger partial charge in [-0.05, 0) is 244 Å². The maximum Gasteiger partial charge on any atom is 0.145 e. The Morgan fingerprint density at radius 1 is 0.163 bits per heavy atom. The third-order valence-electron chi connectivity index (χ3n) is 25.9. The monoisotopic (exact) mass is 1640 g/mol. The molecule has 0 aliphatic rings. The zero-order valence-corrected chi connectivity index (χ0v) is 69.8. The van der Waals surface area contributed by atoms with Gasteiger partial charge >= 0.3 is 0 Å². The lowest BCUT2D eigenvalue weighted by Crippen LogP contribution is -1.92. The first-order valence-electron chi connectivity index (χ1n) is 43.8. The molecule has 0 aliphatic heterocycles. The third-order valence-corrected chi connectivity index (χ3v) is 25.9. The Kier molecular flexibility index (Phi) is 17.7. The van der Waals surface area contributed by atoms with Crippen LogP contribution in [0.1, 0.15) is 0 Å². The van der Waals surface area contributed by atoms with E-state index in [2.05, 4.69) is 424 Å². The quantitative estimate of drug-likeness (QED) is 0.134. The van der Waals surface area contributed by atoms with Crippen LogP contribution in [0.5, 0.6) is 0 Å². The van der Waals surface area contributed by atoms with E-state index in [1.165, 1.54) is 124 Å². The Balaban J connectivity index is 0.000000105. The number of fused-ring (bicyclic) bond motifs is 26. The van der Waals surface area contributed by atoms with Crippen molar-refractivity contribution in [2.24, 2.45) is 0 Å². The van der Waals surface area contributed by atoms with Crippen LogP contribution in [0, 0.1) is 0 Å². The zero-order chi connectivity index (χ0) is 85.0. The fourth-order valence-corrected chi connectivity index (χ4v) is 19.9. The first-order chi connectivity index (χ1) is 64.0. The normalized spacial score (nSPS) is 11.7. The van der Waals surface area contributed by atoms with E-state index >= 15 is 0 Å². The lowest BCUT2D eigenvalue weighted by molar-refractivity contribution is 1.16. The second-order valence-electron chi connectivity index (χ2n) is 33.1. The molecular weight excluding hydrogens is 1570 g/mol. The summed E-state index contributed by atoms with van der Waals surface area (Å²) in [5, 5.41) is 28.9. The molecule has 0 fully saturated rings. The second-order valence-corrected chi connectivity index (χ2v) is 33.1. The summed E-state index contributed by atoms with van der Waals surface area (Å²) >= 11 is 0. The molecule has 0 radical (unpaired) electrons. The van der Waals surface area contributed by atoms with Crippen molar-refractivity contribution in [2.45, 2.75) is 0 Å². The minimum absolute atomic E-state index is 0.867. The van der Waals surface area contributed by atoms with Gasteiger partial charge in [0.2, 0.25) is 0 Å². The van der Waals surface area contributed by atoms with Crippen molar-refractivity contribution in [2.75, 3.05) is 0 Å². The number of benzene rings is 18. The molecule has 9 heteroatoms. The van der Waals surface area contributed by atoms with Crippen molar-refractivity contribution in [3.63, 3.8) is 0 Å². The molecular formula is C120H75N9. The number of pyridine rings is 6. The van der Waals surface area contributed by atoms with E-state index < -0.39 is 0 Å². The summed E-state index contributed by atoms with van der Waals surface area (Å²) in [6.45, 7) is 0. The highest BCUT2D eigenvalue weighted by Gasteiger charge is 2.24. The van der Waals surface area contributed by atoms with E-state index in [0.717, 1.165) is 123 Å². The number of nitrogens with zero attached hydrogens (tertiary/aromatic N) is 9. The van der Waals surface area contributed by atoms with E-state index in [1.807, 2.05) is 55.0 Å². The number of imidazole rings is 3. The van der Waals surface area contributed by atoms with Crippen molar-refractivity contribution in [3.8, 4) is 102 Å². The van der Waals surface area contributed by atoms with Crippen molar-refractivity contribution in [3.05, 3.63) is 456 Å². The minimum atomic E-state index is 0.867. The van der Waals surface area contributed by atoms with Gasteiger partial charge in [-0.25, -0.2) is 15.0 Å². The maximum absolute atomic E-state index is 5.24.